The van der Waals surface area contributed by atoms with Crippen LogP contribution in [-0.4, -0.2) is 0 Å². The highest BCUT2D eigenvalue weighted by Gasteiger charge is 2.44. The lowest BCUT2D eigenvalue weighted by Crippen LogP contribution is -2.40. The van der Waals surface area contributed by atoms with Crippen LogP contribution in [0.2, 0.25) is 0 Å². The fourth-order valence-corrected chi connectivity index (χ4v) is 3.44. The molecule has 2 unspecified atom stereocenters. The predicted octanol–water partition coefficient (Wildman–Crippen LogP) is 5.73. The predicted molar refractivity (Wildman–Crippen MR) is 73.6 cm³/mol. The SMILES string of the molecule is C=C(C)CC1(CCCC)CCC1CCCC. The van der Waals surface area contributed by atoms with Gasteiger partial charge in [0.05, 0.1) is 0 Å². The lowest BCUT2D eigenvalue weighted by atomic mass is 9.54. The zero-order chi connectivity index (χ0) is 12.0. The summed E-state index contributed by atoms with van der Waals surface area (Å²) in [6, 6.07) is 0. The van der Waals surface area contributed by atoms with E-state index in [0.29, 0.717) is 5.41 Å². The van der Waals surface area contributed by atoms with E-state index in [1.54, 1.807) is 0 Å². The molecular formula is C16H30. The Kier molecular flexibility index (Phi) is 5.58. The summed E-state index contributed by atoms with van der Waals surface area (Å²) in [5.74, 6) is 1.01. The van der Waals surface area contributed by atoms with Crippen LogP contribution in [0, 0.1) is 11.3 Å². The van der Waals surface area contributed by atoms with Crippen molar-refractivity contribution in [3.8, 4) is 0 Å². The molecule has 0 aromatic heterocycles. The van der Waals surface area contributed by atoms with Crippen LogP contribution in [0.5, 0.6) is 0 Å². The summed E-state index contributed by atoms with van der Waals surface area (Å²) in [6.45, 7) is 11.0. The van der Waals surface area contributed by atoms with Gasteiger partial charge in [0.25, 0.3) is 0 Å². The Bertz CT molecular complexity index is 216. The van der Waals surface area contributed by atoms with Crippen LogP contribution >= 0.6 is 0 Å². The maximum absolute atomic E-state index is 4.14. The smallest absolute Gasteiger partial charge is 0.0232 e. The molecule has 0 aromatic rings. The number of hydrogen-bond donors (Lipinski definition) is 0. The van der Waals surface area contributed by atoms with Gasteiger partial charge >= 0.3 is 0 Å². The van der Waals surface area contributed by atoms with Crippen molar-refractivity contribution in [2.75, 3.05) is 0 Å². The van der Waals surface area contributed by atoms with Gasteiger partial charge in [0.1, 0.15) is 0 Å². The Morgan fingerprint density at radius 3 is 2.38 bits per heavy atom. The minimum Gasteiger partial charge on any atom is -0.100 e. The van der Waals surface area contributed by atoms with Crippen molar-refractivity contribution in [2.45, 2.75) is 78.6 Å². The molecule has 0 spiro atoms. The Morgan fingerprint density at radius 1 is 1.25 bits per heavy atom. The van der Waals surface area contributed by atoms with Gasteiger partial charge in [-0.05, 0) is 50.4 Å². The Morgan fingerprint density at radius 2 is 1.94 bits per heavy atom. The van der Waals surface area contributed by atoms with E-state index in [0.717, 1.165) is 5.92 Å². The summed E-state index contributed by atoms with van der Waals surface area (Å²) in [5, 5.41) is 0. The molecule has 0 nitrogen and oxygen atoms in total. The van der Waals surface area contributed by atoms with Crippen molar-refractivity contribution in [3.05, 3.63) is 12.2 Å². The summed E-state index contributed by atoms with van der Waals surface area (Å²) in [4.78, 5) is 0. The maximum atomic E-state index is 4.14. The third-order valence-electron chi connectivity index (χ3n) is 4.44. The first-order valence-electron chi connectivity index (χ1n) is 7.29. The average Bonchev–Trinajstić information content (AvgIpc) is 2.22. The monoisotopic (exact) mass is 222 g/mol. The molecule has 0 aromatic carbocycles. The molecule has 1 saturated carbocycles. The second-order valence-corrected chi connectivity index (χ2v) is 5.98. The first-order valence-corrected chi connectivity index (χ1v) is 7.29. The topological polar surface area (TPSA) is 0 Å². The molecule has 0 saturated heterocycles. The van der Waals surface area contributed by atoms with Crippen LogP contribution in [0.4, 0.5) is 0 Å². The number of hydrogen-bond acceptors (Lipinski definition) is 0. The van der Waals surface area contributed by atoms with Crippen LogP contribution in [0.15, 0.2) is 12.2 Å². The lowest BCUT2D eigenvalue weighted by Gasteiger charge is -2.51. The first kappa shape index (κ1) is 13.8. The van der Waals surface area contributed by atoms with Crippen LogP contribution < -0.4 is 0 Å². The van der Waals surface area contributed by atoms with E-state index >= 15 is 0 Å². The summed E-state index contributed by atoms with van der Waals surface area (Å²) >= 11 is 0. The molecule has 0 radical (unpaired) electrons. The first-order chi connectivity index (χ1) is 7.64. The van der Waals surface area contributed by atoms with E-state index in [-0.39, 0.29) is 0 Å². The summed E-state index contributed by atoms with van der Waals surface area (Å²) in [6.07, 6.45) is 12.7. The zero-order valence-corrected chi connectivity index (χ0v) is 11.6. The van der Waals surface area contributed by atoms with E-state index in [4.69, 9.17) is 0 Å². The number of rotatable bonds is 8. The Labute approximate surface area is 103 Å². The van der Waals surface area contributed by atoms with E-state index in [1.165, 1.54) is 63.4 Å². The highest BCUT2D eigenvalue weighted by atomic mass is 14.5. The Balaban J connectivity index is 2.52. The van der Waals surface area contributed by atoms with Crippen molar-refractivity contribution in [2.24, 2.45) is 11.3 Å². The molecule has 0 N–H and O–H groups in total. The van der Waals surface area contributed by atoms with Gasteiger partial charge in [-0.3, -0.25) is 0 Å². The molecule has 0 aliphatic heterocycles. The molecule has 2 atom stereocenters. The van der Waals surface area contributed by atoms with Gasteiger partial charge < -0.3 is 0 Å². The van der Waals surface area contributed by atoms with Crippen LogP contribution in [0.3, 0.4) is 0 Å². The fourth-order valence-electron chi connectivity index (χ4n) is 3.44. The van der Waals surface area contributed by atoms with Crippen LogP contribution in [0.25, 0.3) is 0 Å². The van der Waals surface area contributed by atoms with Gasteiger partial charge in [0.15, 0.2) is 0 Å². The van der Waals surface area contributed by atoms with Crippen molar-refractivity contribution in [3.63, 3.8) is 0 Å². The standard InChI is InChI=1S/C16H30/c1-5-7-9-15-10-12-16(15,11-8-6-2)13-14(3)4/h15H,3,5-13H2,1-2,4H3. The summed E-state index contributed by atoms with van der Waals surface area (Å²) in [5.41, 5.74) is 2.06. The molecule has 1 fully saturated rings. The summed E-state index contributed by atoms with van der Waals surface area (Å²) < 4.78 is 0. The van der Waals surface area contributed by atoms with E-state index in [2.05, 4.69) is 27.4 Å². The van der Waals surface area contributed by atoms with E-state index < -0.39 is 0 Å². The zero-order valence-electron chi connectivity index (χ0n) is 11.6. The second kappa shape index (κ2) is 6.47. The third kappa shape index (κ3) is 3.37. The van der Waals surface area contributed by atoms with Crippen molar-refractivity contribution in [1.82, 2.24) is 0 Å². The van der Waals surface area contributed by atoms with Crippen LogP contribution in [-0.2, 0) is 0 Å². The largest absolute Gasteiger partial charge is 0.100 e. The van der Waals surface area contributed by atoms with Gasteiger partial charge in [-0.15, -0.1) is 6.58 Å². The van der Waals surface area contributed by atoms with Crippen LogP contribution in [0.1, 0.15) is 78.6 Å². The summed E-state index contributed by atoms with van der Waals surface area (Å²) in [7, 11) is 0. The highest BCUT2D eigenvalue weighted by molar-refractivity contribution is 5.04. The minimum absolute atomic E-state index is 0.664. The molecular weight excluding hydrogens is 192 g/mol. The minimum atomic E-state index is 0.664. The number of allylic oxidation sites excluding steroid dienone is 1. The molecule has 16 heavy (non-hydrogen) atoms. The van der Waals surface area contributed by atoms with E-state index in [9.17, 15) is 0 Å². The van der Waals surface area contributed by atoms with Gasteiger partial charge in [0.2, 0.25) is 0 Å². The molecule has 94 valence electrons. The molecule has 0 heteroatoms. The van der Waals surface area contributed by atoms with Gasteiger partial charge in [-0.1, -0.05) is 45.1 Å². The molecule has 0 amide bonds. The molecule has 1 aliphatic carbocycles. The van der Waals surface area contributed by atoms with Gasteiger partial charge in [-0.2, -0.15) is 0 Å². The molecule has 0 heterocycles. The third-order valence-corrected chi connectivity index (χ3v) is 4.44. The van der Waals surface area contributed by atoms with Crippen molar-refractivity contribution in [1.29, 1.82) is 0 Å². The lowest BCUT2D eigenvalue weighted by molar-refractivity contribution is 0.0105. The van der Waals surface area contributed by atoms with Crippen molar-refractivity contribution >= 4 is 0 Å². The normalized spacial score (nSPS) is 28.8. The Hall–Kier alpha value is -0.260. The average molecular weight is 222 g/mol. The number of unbranched alkanes of at least 4 members (excludes halogenated alkanes) is 2. The van der Waals surface area contributed by atoms with E-state index in [1.807, 2.05) is 0 Å². The van der Waals surface area contributed by atoms with Gasteiger partial charge in [-0.25, -0.2) is 0 Å². The van der Waals surface area contributed by atoms with Crippen molar-refractivity contribution < 1.29 is 0 Å². The molecule has 1 aliphatic rings. The maximum Gasteiger partial charge on any atom is -0.0232 e. The fraction of sp³-hybridized carbons (Fsp3) is 0.875. The molecule has 1 rings (SSSR count). The quantitative estimate of drug-likeness (QED) is 0.460. The highest BCUT2D eigenvalue weighted by Crippen LogP contribution is 2.55. The van der Waals surface area contributed by atoms with Gasteiger partial charge in [0, 0.05) is 0 Å². The molecule has 0 bridgehead atoms. The second-order valence-electron chi connectivity index (χ2n) is 5.98.